The summed E-state index contributed by atoms with van der Waals surface area (Å²) in [6.45, 7) is 2.75. The van der Waals surface area contributed by atoms with Crippen LogP contribution in [-0.2, 0) is 11.3 Å². The third kappa shape index (κ3) is 4.21. The highest BCUT2D eigenvalue weighted by molar-refractivity contribution is 5.78. The standard InChI is InChI=1S/C15H23N3O2/c1-17(10-12-3-2-4-14(19)9-12)15(20)11-18-7-5-13(16)6-8-18/h2-4,9,13,19H,5-8,10-11,16H2,1H3. The number of nitrogens with two attached hydrogens (primary N) is 1. The number of hydrogen-bond acceptors (Lipinski definition) is 4. The summed E-state index contributed by atoms with van der Waals surface area (Å²) in [6, 6.07) is 7.29. The number of piperidine rings is 1. The van der Waals surface area contributed by atoms with E-state index in [9.17, 15) is 9.90 Å². The molecule has 0 bridgehead atoms. The lowest BCUT2D eigenvalue weighted by molar-refractivity contribution is -0.131. The van der Waals surface area contributed by atoms with Gasteiger partial charge in [0.1, 0.15) is 5.75 Å². The molecule has 2 rings (SSSR count). The van der Waals surface area contributed by atoms with Gasteiger partial charge in [-0.3, -0.25) is 9.69 Å². The van der Waals surface area contributed by atoms with Crippen molar-refractivity contribution in [3.63, 3.8) is 0 Å². The maximum atomic E-state index is 12.2. The van der Waals surface area contributed by atoms with Crippen molar-refractivity contribution in [1.82, 2.24) is 9.80 Å². The molecule has 1 saturated heterocycles. The van der Waals surface area contributed by atoms with Crippen LogP contribution in [0.4, 0.5) is 0 Å². The molecule has 0 aromatic heterocycles. The number of likely N-dealkylation sites (N-methyl/N-ethyl adjacent to an activating group) is 1. The lowest BCUT2D eigenvalue weighted by atomic mass is 10.1. The molecular weight excluding hydrogens is 254 g/mol. The van der Waals surface area contributed by atoms with Crippen LogP contribution < -0.4 is 5.73 Å². The largest absolute Gasteiger partial charge is 0.508 e. The number of phenols is 1. The quantitative estimate of drug-likeness (QED) is 0.853. The number of likely N-dealkylation sites (tertiary alicyclic amines) is 1. The molecule has 1 heterocycles. The topological polar surface area (TPSA) is 69.8 Å². The Morgan fingerprint density at radius 2 is 2.15 bits per heavy atom. The number of benzene rings is 1. The summed E-state index contributed by atoms with van der Waals surface area (Å²) in [5.41, 5.74) is 6.79. The van der Waals surface area contributed by atoms with Crippen molar-refractivity contribution >= 4 is 5.91 Å². The van der Waals surface area contributed by atoms with Gasteiger partial charge in [0, 0.05) is 32.7 Å². The van der Waals surface area contributed by atoms with E-state index in [0.29, 0.717) is 13.1 Å². The lowest BCUT2D eigenvalue weighted by Crippen LogP contribution is -2.44. The molecule has 0 unspecified atom stereocenters. The summed E-state index contributed by atoms with van der Waals surface area (Å²) in [5, 5.41) is 9.43. The molecule has 0 aliphatic carbocycles. The first-order valence-corrected chi connectivity index (χ1v) is 7.04. The number of carbonyl (C=O) groups excluding carboxylic acids is 1. The molecule has 1 fully saturated rings. The van der Waals surface area contributed by atoms with Crippen LogP contribution in [0.3, 0.4) is 0 Å². The average molecular weight is 277 g/mol. The van der Waals surface area contributed by atoms with E-state index in [-0.39, 0.29) is 17.7 Å². The van der Waals surface area contributed by atoms with Gasteiger partial charge in [-0.2, -0.15) is 0 Å². The smallest absolute Gasteiger partial charge is 0.236 e. The van der Waals surface area contributed by atoms with E-state index < -0.39 is 0 Å². The molecule has 0 spiro atoms. The maximum Gasteiger partial charge on any atom is 0.236 e. The Morgan fingerprint density at radius 3 is 2.80 bits per heavy atom. The summed E-state index contributed by atoms with van der Waals surface area (Å²) in [7, 11) is 1.79. The van der Waals surface area contributed by atoms with Gasteiger partial charge in [-0.15, -0.1) is 0 Å². The minimum absolute atomic E-state index is 0.101. The van der Waals surface area contributed by atoms with Gasteiger partial charge >= 0.3 is 0 Å². The normalized spacial score (nSPS) is 17.1. The Labute approximate surface area is 120 Å². The van der Waals surface area contributed by atoms with Gasteiger partial charge in [0.05, 0.1) is 6.54 Å². The highest BCUT2D eigenvalue weighted by atomic mass is 16.3. The van der Waals surface area contributed by atoms with Gasteiger partial charge in [0.15, 0.2) is 0 Å². The van der Waals surface area contributed by atoms with Crippen LogP contribution >= 0.6 is 0 Å². The Bertz CT molecular complexity index is 456. The third-order valence-corrected chi connectivity index (χ3v) is 3.75. The molecule has 3 N–H and O–H groups in total. The Hall–Kier alpha value is -1.59. The van der Waals surface area contributed by atoms with Gasteiger partial charge in [-0.05, 0) is 30.5 Å². The molecule has 1 aliphatic heterocycles. The SMILES string of the molecule is CN(Cc1cccc(O)c1)C(=O)CN1CCC(N)CC1. The second-order valence-corrected chi connectivity index (χ2v) is 5.53. The van der Waals surface area contributed by atoms with Crippen LogP contribution in [0.2, 0.25) is 0 Å². The van der Waals surface area contributed by atoms with E-state index in [4.69, 9.17) is 5.73 Å². The van der Waals surface area contributed by atoms with Gasteiger partial charge in [-0.25, -0.2) is 0 Å². The molecular formula is C15H23N3O2. The summed E-state index contributed by atoms with van der Waals surface area (Å²) in [4.78, 5) is 16.0. The Morgan fingerprint density at radius 1 is 1.45 bits per heavy atom. The first-order chi connectivity index (χ1) is 9.54. The van der Waals surface area contributed by atoms with E-state index in [1.165, 1.54) is 0 Å². The van der Waals surface area contributed by atoms with E-state index in [0.717, 1.165) is 31.5 Å². The second-order valence-electron chi connectivity index (χ2n) is 5.53. The summed E-state index contributed by atoms with van der Waals surface area (Å²) in [6.07, 6.45) is 1.92. The number of rotatable bonds is 4. The van der Waals surface area contributed by atoms with E-state index in [1.54, 1.807) is 30.1 Å². The second kappa shape index (κ2) is 6.72. The molecule has 0 radical (unpaired) electrons. The van der Waals surface area contributed by atoms with Gasteiger partial charge < -0.3 is 15.7 Å². The number of nitrogens with zero attached hydrogens (tertiary/aromatic N) is 2. The first kappa shape index (κ1) is 14.8. The monoisotopic (exact) mass is 277 g/mol. The predicted octanol–water partition coefficient (Wildman–Crippen LogP) is 0.774. The van der Waals surface area contributed by atoms with E-state index in [2.05, 4.69) is 4.90 Å². The number of aromatic hydroxyl groups is 1. The zero-order chi connectivity index (χ0) is 14.5. The zero-order valence-corrected chi connectivity index (χ0v) is 12.0. The average Bonchev–Trinajstić information content (AvgIpc) is 2.41. The van der Waals surface area contributed by atoms with Crippen LogP contribution in [-0.4, -0.2) is 53.5 Å². The Kier molecular flexibility index (Phi) is 4.98. The van der Waals surface area contributed by atoms with E-state index >= 15 is 0 Å². The molecule has 20 heavy (non-hydrogen) atoms. The van der Waals surface area contributed by atoms with Crippen LogP contribution in [0.15, 0.2) is 24.3 Å². The Balaban J connectivity index is 1.83. The minimum atomic E-state index is 0.101. The van der Waals surface area contributed by atoms with Gasteiger partial charge in [-0.1, -0.05) is 12.1 Å². The van der Waals surface area contributed by atoms with Crippen LogP contribution in [0.1, 0.15) is 18.4 Å². The van der Waals surface area contributed by atoms with E-state index in [1.807, 2.05) is 6.07 Å². The van der Waals surface area contributed by atoms with Crippen LogP contribution in [0, 0.1) is 0 Å². The molecule has 1 aliphatic rings. The molecule has 0 atom stereocenters. The van der Waals surface area contributed by atoms with Gasteiger partial charge in [0.25, 0.3) is 0 Å². The van der Waals surface area contributed by atoms with Crippen molar-refractivity contribution in [1.29, 1.82) is 0 Å². The lowest BCUT2D eigenvalue weighted by Gasteiger charge is -2.30. The number of phenolic OH excluding ortho intramolecular Hbond substituents is 1. The molecule has 110 valence electrons. The van der Waals surface area contributed by atoms with Crippen LogP contribution in [0.25, 0.3) is 0 Å². The highest BCUT2D eigenvalue weighted by Crippen LogP contribution is 2.13. The fourth-order valence-corrected chi connectivity index (χ4v) is 2.44. The van der Waals surface area contributed by atoms with Gasteiger partial charge in [0.2, 0.25) is 5.91 Å². The van der Waals surface area contributed by atoms with Crippen molar-refractivity contribution in [2.45, 2.75) is 25.4 Å². The molecule has 5 nitrogen and oxygen atoms in total. The molecule has 0 saturated carbocycles. The number of carbonyl (C=O) groups is 1. The first-order valence-electron chi connectivity index (χ1n) is 7.04. The fraction of sp³-hybridized carbons (Fsp3) is 0.533. The van der Waals surface area contributed by atoms with Crippen molar-refractivity contribution < 1.29 is 9.90 Å². The zero-order valence-electron chi connectivity index (χ0n) is 12.0. The third-order valence-electron chi connectivity index (χ3n) is 3.75. The van der Waals surface area contributed by atoms with Crippen molar-refractivity contribution in [3.05, 3.63) is 29.8 Å². The molecule has 5 heteroatoms. The van der Waals surface area contributed by atoms with Crippen molar-refractivity contribution in [2.75, 3.05) is 26.7 Å². The fourth-order valence-electron chi connectivity index (χ4n) is 2.44. The highest BCUT2D eigenvalue weighted by Gasteiger charge is 2.19. The molecule has 1 amide bonds. The summed E-state index contributed by atoms with van der Waals surface area (Å²) < 4.78 is 0. The van der Waals surface area contributed by atoms with Crippen molar-refractivity contribution in [3.8, 4) is 5.75 Å². The van der Waals surface area contributed by atoms with Crippen LogP contribution in [0.5, 0.6) is 5.75 Å². The number of hydrogen-bond donors (Lipinski definition) is 2. The minimum Gasteiger partial charge on any atom is -0.508 e. The maximum absolute atomic E-state index is 12.2. The molecule has 1 aromatic rings. The predicted molar refractivity (Wildman–Crippen MR) is 78.2 cm³/mol. The summed E-state index contributed by atoms with van der Waals surface area (Å²) >= 11 is 0. The molecule has 1 aromatic carbocycles. The van der Waals surface area contributed by atoms with Crippen molar-refractivity contribution in [2.24, 2.45) is 5.73 Å². The number of amides is 1. The summed E-state index contributed by atoms with van der Waals surface area (Å²) in [5.74, 6) is 0.331.